The first-order valence-electron chi connectivity index (χ1n) is 0.144. The molecule has 0 aliphatic rings. The van der Waals surface area contributed by atoms with Crippen LogP contribution in [-0.2, 0) is 19.8 Å². The summed E-state index contributed by atoms with van der Waals surface area (Å²) >= 11 is 2.00. The van der Waals surface area contributed by atoms with Gasteiger partial charge in [-0.3, -0.25) is 0 Å². The van der Waals surface area contributed by atoms with E-state index < -0.39 is 0 Å². The van der Waals surface area contributed by atoms with E-state index in [2.05, 4.69) is 0 Å². The van der Waals surface area contributed by atoms with Gasteiger partial charge in [-0.2, -0.15) is 0 Å². The van der Waals surface area contributed by atoms with Crippen LogP contribution >= 0.6 is 0 Å². The van der Waals surface area contributed by atoms with E-state index in [4.69, 9.17) is 3.83 Å². The number of hydrogen-bond donors (Lipinski definition) is 0. The summed E-state index contributed by atoms with van der Waals surface area (Å²) in [5, 5.41) is 0. The monoisotopic (exact) mass is 180 g/mol. The quantitative estimate of drug-likeness (QED) is 0.528. The molecule has 0 rings (SSSR count). The van der Waals surface area contributed by atoms with E-state index in [-0.39, 0.29) is 46.9 Å². The van der Waals surface area contributed by atoms with Crippen molar-refractivity contribution >= 4 is 0 Å². The number of rotatable bonds is 0. The van der Waals surface area contributed by atoms with Gasteiger partial charge in [-0.15, -0.1) is 0 Å². The van der Waals surface area contributed by atoms with E-state index in [9.17, 15) is 0 Å². The molecule has 0 spiro atoms. The van der Waals surface area contributed by atoms with Crippen molar-refractivity contribution in [2.75, 3.05) is 0 Å². The van der Waals surface area contributed by atoms with Gasteiger partial charge >= 0.3 is 19.8 Å². The molecule has 0 aromatic rings. The molecule has 3 heteroatoms. The molecule has 0 saturated carbocycles. The average Bonchev–Trinajstić information content (AvgIpc) is 1.00. The minimum atomic E-state index is 0. The zero-order chi connectivity index (χ0) is 2.00. The SMILES string of the molecule is C.C.C.C.C.O.[3HH].[3HH].[HH].[O]=[Fe]. The van der Waals surface area contributed by atoms with Crippen molar-refractivity contribution in [2.45, 2.75) is 37.1 Å². The van der Waals surface area contributed by atoms with Crippen molar-refractivity contribution in [1.29, 1.82) is 0 Å². The molecule has 0 aromatic heterocycles. The van der Waals surface area contributed by atoms with E-state index >= 15 is 0 Å². The molecule has 0 saturated heterocycles. The van der Waals surface area contributed by atoms with Crippen molar-refractivity contribution < 1.29 is 29.5 Å². The fourth-order valence-electron chi connectivity index (χ4n) is 0. The summed E-state index contributed by atoms with van der Waals surface area (Å²) < 4.78 is 8.00. The molecule has 0 amide bonds. The van der Waals surface area contributed by atoms with Gasteiger partial charge in [-0.25, -0.2) is 0 Å². The third kappa shape index (κ3) is 2240. The van der Waals surface area contributed by atoms with E-state index in [1.807, 2.05) is 15.9 Å². The molecular weight excluding hydrogens is 148 g/mol. The van der Waals surface area contributed by atoms with Crippen molar-refractivity contribution in [3.63, 3.8) is 0 Å². The van der Waals surface area contributed by atoms with Gasteiger partial charge in [0.25, 0.3) is 0 Å². The Morgan fingerprint density at radius 1 is 0.875 bits per heavy atom. The van der Waals surface area contributed by atoms with E-state index in [0.29, 0.717) is 0 Å². The Hall–Kier alpha value is 0.279. The Balaban J connectivity index is -0.000000000139. The summed E-state index contributed by atoms with van der Waals surface area (Å²) in [6.07, 6.45) is 0. The Labute approximate surface area is 67.5 Å². The van der Waals surface area contributed by atoms with Crippen LogP contribution in [0.1, 0.15) is 41.4 Å². The Morgan fingerprint density at radius 2 is 0.875 bits per heavy atom. The van der Waals surface area contributed by atoms with Crippen LogP contribution in [0.2, 0.25) is 0 Å². The van der Waals surface area contributed by atoms with Gasteiger partial charge in [0.05, 0.1) is 0 Å². The maximum absolute atomic E-state index is 8.00. The van der Waals surface area contributed by atoms with Gasteiger partial charge in [0.15, 0.2) is 0 Å². The number of hydrogen-bond acceptors (Lipinski definition) is 1. The molecular formula is C5H28FeO2. The van der Waals surface area contributed by atoms with Gasteiger partial charge in [0, 0.05) is 4.28 Å². The second-order valence-corrected chi connectivity index (χ2v) is 0. The molecule has 0 aliphatic heterocycles. The van der Waals surface area contributed by atoms with Crippen molar-refractivity contribution in [3.05, 3.63) is 0 Å². The third-order valence-corrected chi connectivity index (χ3v) is 0. The maximum atomic E-state index is 8.00. The van der Waals surface area contributed by atoms with E-state index in [0.717, 1.165) is 0 Å². The fourth-order valence-corrected chi connectivity index (χ4v) is 0. The van der Waals surface area contributed by atoms with Crippen molar-refractivity contribution in [3.8, 4) is 0 Å². The fraction of sp³-hybridized carbons (Fsp3) is 1.00. The van der Waals surface area contributed by atoms with Crippen LogP contribution in [-0.4, -0.2) is 5.48 Å². The van der Waals surface area contributed by atoms with Crippen LogP contribution in [0.15, 0.2) is 0 Å². The summed E-state index contributed by atoms with van der Waals surface area (Å²) in [6.45, 7) is 0. The minimum absolute atomic E-state index is 0. The van der Waals surface area contributed by atoms with Gasteiger partial charge < -0.3 is 5.48 Å². The molecule has 0 heterocycles. The topological polar surface area (TPSA) is 48.6 Å². The molecule has 0 aliphatic carbocycles. The average molecular weight is 180 g/mol. The molecule has 2 nitrogen and oxygen atoms in total. The van der Waals surface area contributed by atoms with Crippen LogP contribution in [0.3, 0.4) is 0 Å². The molecule has 0 fully saturated rings. The van der Waals surface area contributed by atoms with Crippen molar-refractivity contribution in [1.82, 2.24) is 0 Å². The Kier molecular flexibility index (Phi) is 123000. The summed E-state index contributed by atoms with van der Waals surface area (Å²) in [5.41, 5.74) is 0. The predicted molar refractivity (Wildman–Crippen MR) is 44.3 cm³/mol. The zero-order valence-electron chi connectivity index (χ0n) is 1.26. The summed E-state index contributed by atoms with van der Waals surface area (Å²) in [6, 6.07) is 0. The molecule has 8 heavy (non-hydrogen) atoms. The van der Waals surface area contributed by atoms with Crippen LogP contribution in [0, 0.1) is 0 Å². The Bertz CT molecular complexity index is 19.7. The molecule has 0 bridgehead atoms. The molecule has 0 unspecified atom stereocenters. The normalized spacial score (nSPS) is 0.625. The van der Waals surface area contributed by atoms with E-state index in [1.165, 1.54) is 0 Å². The third-order valence-electron chi connectivity index (χ3n) is 0. The van der Waals surface area contributed by atoms with Crippen LogP contribution in [0.25, 0.3) is 0 Å². The van der Waals surface area contributed by atoms with Crippen molar-refractivity contribution in [2.24, 2.45) is 0 Å². The molecule has 0 aromatic carbocycles. The van der Waals surface area contributed by atoms with Gasteiger partial charge in [-0.1, -0.05) is 37.1 Å². The summed E-state index contributed by atoms with van der Waals surface area (Å²) in [4.78, 5) is 0. The predicted octanol–water partition coefficient (Wildman–Crippen LogP) is 2.97. The second kappa shape index (κ2) is 3670. The van der Waals surface area contributed by atoms with Gasteiger partial charge in [-0.05, 0) is 0 Å². The first-order chi connectivity index (χ1) is 1.00. The molecule has 2 N–H and O–H groups in total. The first kappa shape index (κ1) is 268. The van der Waals surface area contributed by atoms with Gasteiger partial charge in [0.2, 0.25) is 0 Å². The van der Waals surface area contributed by atoms with Gasteiger partial charge in [0.1, 0.15) is 0 Å². The first-order valence-corrected chi connectivity index (χ1v) is 0.595. The van der Waals surface area contributed by atoms with Crippen LogP contribution in [0.4, 0.5) is 0 Å². The second-order valence-electron chi connectivity index (χ2n) is 0. The van der Waals surface area contributed by atoms with Crippen LogP contribution < -0.4 is 0 Å². The molecule has 0 atom stereocenters. The standard InChI is InChI=1S/5CH4.Fe.H2O.O.3H2/h5*1H4;;1H2;;3*1H/i;;;;;;;;2*1+2;. The van der Waals surface area contributed by atoms with Crippen LogP contribution in [0.5, 0.6) is 0 Å². The van der Waals surface area contributed by atoms with E-state index in [1.54, 1.807) is 0 Å². The molecule has 68 valence electrons. The summed E-state index contributed by atoms with van der Waals surface area (Å²) in [5.74, 6) is 0. The Morgan fingerprint density at radius 3 is 0.875 bits per heavy atom. The molecule has 0 radical (unpaired) electrons. The zero-order valence-corrected chi connectivity index (χ0v) is 2.37. The summed E-state index contributed by atoms with van der Waals surface area (Å²) in [7, 11) is 0.